The number of carbonyl (C=O) groups is 1. The third-order valence-electron chi connectivity index (χ3n) is 1.53. The van der Waals surface area contributed by atoms with E-state index >= 15 is 0 Å². The molecule has 0 atom stereocenters. The number of hydrogen-bond acceptors (Lipinski definition) is 3. The molecular formula is C8H7FO4. The van der Waals surface area contributed by atoms with Gasteiger partial charge in [-0.05, 0) is 6.07 Å². The van der Waals surface area contributed by atoms with E-state index in [1.165, 1.54) is 0 Å². The van der Waals surface area contributed by atoms with Gasteiger partial charge in [0.25, 0.3) is 0 Å². The fourth-order valence-corrected chi connectivity index (χ4v) is 0.902. The van der Waals surface area contributed by atoms with Crippen LogP contribution in [0.2, 0.25) is 0 Å². The normalized spacial score (nSPS) is 9.92. The third kappa shape index (κ3) is 1.87. The molecule has 0 saturated heterocycles. The maximum Gasteiger partial charge on any atom is 0.307 e. The molecule has 70 valence electrons. The van der Waals surface area contributed by atoms with Crippen LogP contribution in [0.1, 0.15) is 5.56 Å². The minimum Gasteiger partial charge on any atom is -0.504 e. The van der Waals surface area contributed by atoms with E-state index in [0.29, 0.717) is 0 Å². The molecule has 13 heavy (non-hydrogen) atoms. The molecule has 1 aromatic carbocycles. The number of carboxylic acid groups (broad SMARTS) is 1. The van der Waals surface area contributed by atoms with Crippen molar-refractivity contribution in [3.05, 3.63) is 23.5 Å². The minimum absolute atomic E-state index is 0.0219. The Kier molecular flexibility index (Phi) is 2.36. The van der Waals surface area contributed by atoms with Crippen LogP contribution < -0.4 is 0 Å². The van der Waals surface area contributed by atoms with Crippen molar-refractivity contribution in [2.75, 3.05) is 0 Å². The summed E-state index contributed by atoms with van der Waals surface area (Å²) in [6.45, 7) is 0. The lowest BCUT2D eigenvalue weighted by Crippen LogP contribution is -2.00. The van der Waals surface area contributed by atoms with Crippen LogP contribution in [-0.2, 0) is 11.2 Å². The van der Waals surface area contributed by atoms with Gasteiger partial charge in [0.05, 0.1) is 6.42 Å². The molecule has 0 aliphatic rings. The molecule has 0 aromatic heterocycles. The number of aliphatic carboxylic acids is 1. The number of benzene rings is 1. The first kappa shape index (κ1) is 9.31. The number of hydrogen-bond donors (Lipinski definition) is 3. The molecule has 0 aliphatic heterocycles. The van der Waals surface area contributed by atoms with Crippen LogP contribution in [0.3, 0.4) is 0 Å². The van der Waals surface area contributed by atoms with Crippen LogP contribution in [0.4, 0.5) is 4.39 Å². The molecule has 3 N–H and O–H groups in total. The van der Waals surface area contributed by atoms with Gasteiger partial charge >= 0.3 is 5.97 Å². The first-order valence-corrected chi connectivity index (χ1v) is 3.43. The van der Waals surface area contributed by atoms with Gasteiger partial charge in [-0.2, -0.15) is 0 Å². The Balaban J connectivity index is 3.10. The predicted octanol–water partition coefficient (Wildman–Crippen LogP) is 0.864. The Morgan fingerprint density at radius 1 is 1.31 bits per heavy atom. The zero-order valence-electron chi connectivity index (χ0n) is 6.49. The molecular weight excluding hydrogens is 179 g/mol. The first-order chi connectivity index (χ1) is 6.02. The second kappa shape index (κ2) is 3.30. The molecule has 0 bridgehead atoms. The van der Waals surface area contributed by atoms with Crippen LogP contribution in [-0.4, -0.2) is 21.3 Å². The van der Waals surface area contributed by atoms with Crippen molar-refractivity contribution in [3.63, 3.8) is 0 Å². The predicted molar refractivity (Wildman–Crippen MR) is 41.1 cm³/mol. The number of halogens is 1. The standard InChI is InChI=1S/C8H7FO4/c9-5-2-1-4(3-6(10)11)7(12)8(5)13/h1-2,12-13H,3H2,(H,10,11). The zero-order valence-corrected chi connectivity index (χ0v) is 6.49. The van der Waals surface area contributed by atoms with Gasteiger partial charge in [0, 0.05) is 5.56 Å². The zero-order chi connectivity index (χ0) is 10.0. The van der Waals surface area contributed by atoms with Gasteiger partial charge in [-0.3, -0.25) is 4.79 Å². The van der Waals surface area contributed by atoms with E-state index in [9.17, 15) is 9.18 Å². The number of phenols is 2. The molecule has 0 fully saturated rings. The lowest BCUT2D eigenvalue weighted by atomic mass is 10.1. The quantitative estimate of drug-likeness (QED) is 0.598. The number of phenolic OH excluding ortho intramolecular Hbond substituents is 2. The highest BCUT2D eigenvalue weighted by atomic mass is 19.1. The smallest absolute Gasteiger partial charge is 0.307 e. The highest BCUT2D eigenvalue weighted by Crippen LogP contribution is 2.31. The molecule has 0 spiro atoms. The van der Waals surface area contributed by atoms with E-state index in [2.05, 4.69) is 0 Å². The summed E-state index contributed by atoms with van der Waals surface area (Å²) in [7, 11) is 0. The number of rotatable bonds is 2. The molecule has 0 saturated carbocycles. The summed E-state index contributed by atoms with van der Waals surface area (Å²) in [5, 5.41) is 26.3. The van der Waals surface area contributed by atoms with Crippen LogP contribution in [0.15, 0.2) is 12.1 Å². The highest BCUT2D eigenvalue weighted by Gasteiger charge is 2.13. The molecule has 1 rings (SSSR count). The van der Waals surface area contributed by atoms with E-state index in [1.807, 2.05) is 0 Å². The molecule has 0 aliphatic carbocycles. The summed E-state index contributed by atoms with van der Waals surface area (Å²) in [4.78, 5) is 10.2. The molecule has 4 nitrogen and oxygen atoms in total. The fourth-order valence-electron chi connectivity index (χ4n) is 0.902. The molecule has 0 heterocycles. The number of aromatic hydroxyl groups is 2. The Morgan fingerprint density at radius 2 is 1.92 bits per heavy atom. The monoisotopic (exact) mass is 186 g/mol. The van der Waals surface area contributed by atoms with Crippen molar-refractivity contribution in [3.8, 4) is 11.5 Å². The lowest BCUT2D eigenvalue weighted by molar-refractivity contribution is -0.136. The average molecular weight is 186 g/mol. The second-order valence-corrected chi connectivity index (χ2v) is 2.47. The van der Waals surface area contributed by atoms with Gasteiger partial charge in [-0.1, -0.05) is 6.07 Å². The third-order valence-corrected chi connectivity index (χ3v) is 1.53. The Hall–Kier alpha value is -1.78. The Labute approximate surface area is 72.9 Å². The van der Waals surface area contributed by atoms with Crippen molar-refractivity contribution >= 4 is 5.97 Å². The van der Waals surface area contributed by atoms with Crippen molar-refractivity contribution in [1.82, 2.24) is 0 Å². The van der Waals surface area contributed by atoms with Crippen LogP contribution in [0.25, 0.3) is 0 Å². The van der Waals surface area contributed by atoms with Gasteiger partial charge < -0.3 is 15.3 Å². The minimum atomic E-state index is -1.17. The molecule has 0 radical (unpaired) electrons. The summed E-state index contributed by atoms with van der Waals surface area (Å²) >= 11 is 0. The second-order valence-electron chi connectivity index (χ2n) is 2.47. The van der Waals surface area contributed by atoms with E-state index in [0.717, 1.165) is 12.1 Å². The summed E-state index contributed by atoms with van der Waals surface area (Å²) in [6, 6.07) is 2.01. The van der Waals surface area contributed by atoms with E-state index in [4.69, 9.17) is 15.3 Å². The summed E-state index contributed by atoms with van der Waals surface area (Å²) < 4.78 is 12.5. The summed E-state index contributed by atoms with van der Waals surface area (Å²) in [5.41, 5.74) is -0.0219. The average Bonchev–Trinajstić information content (AvgIpc) is 2.06. The maximum absolute atomic E-state index is 12.5. The highest BCUT2D eigenvalue weighted by molar-refractivity contribution is 5.72. The van der Waals surface area contributed by atoms with Crippen molar-refractivity contribution in [2.24, 2.45) is 0 Å². The number of carboxylic acids is 1. The van der Waals surface area contributed by atoms with Gasteiger partial charge in [0.1, 0.15) is 0 Å². The van der Waals surface area contributed by atoms with Crippen molar-refractivity contribution in [1.29, 1.82) is 0 Å². The topological polar surface area (TPSA) is 77.8 Å². The van der Waals surface area contributed by atoms with Crippen molar-refractivity contribution < 1.29 is 24.5 Å². The van der Waals surface area contributed by atoms with Crippen LogP contribution >= 0.6 is 0 Å². The Bertz CT molecular complexity index is 348. The van der Waals surface area contributed by atoms with Gasteiger partial charge in [-0.25, -0.2) is 4.39 Å². The van der Waals surface area contributed by atoms with E-state index < -0.39 is 29.7 Å². The summed E-state index contributed by atoms with van der Waals surface area (Å²) in [6.07, 6.45) is -0.459. The maximum atomic E-state index is 12.5. The molecule has 1 aromatic rings. The van der Waals surface area contributed by atoms with E-state index in [1.54, 1.807) is 0 Å². The largest absolute Gasteiger partial charge is 0.504 e. The van der Waals surface area contributed by atoms with E-state index in [-0.39, 0.29) is 5.56 Å². The van der Waals surface area contributed by atoms with Crippen LogP contribution in [0.5, 0.6) is 11.5 Å². The van der Waals surface area contributed by atoms with Gasteiger partial charge in [-0.15, -0.1) is 0 Å². The van der Waals surface area contributed by atoms with Crippen LogP contribution in [0, 0.1) is 5.82 Å². The first-order valence-electron chi connectivity index (χ1n) is 3.43. The van der Waals surface area contributed by atoms with Gasteiger partial charge in [0.15, 0.2) is 17.3 Å². The van der Waals surface area contributed by atoms with Gasteiger partial charge in [0.2, 0.25) is 0 Å². The molecule has 0 amide bonds. The van der Waals surface area contributed by atoms with Crippen molar-refractivity contribution in [2.45, 2.75) is 6.42 Å². The fraction of sp³-hybridized carbons (Fsp3) is 0.125. The molecule has 0 unspecified atom stereocenters. The lowest BCUT2D eigenvalue weighted by Gasteiger charge is -2.03. The molecule has 5 heteroatoms. The SMILES string of the molecule is O=C(O)Cc1ccc(F)c(O)c1O. The Morgan fingerprint density at radius 3 is 2.46 bits per heavy atom. The summed E-state index contributed by atoms with van der Waals surface area (Å²) in [5.74, 6) is -3.78.